The lowest BCUT2D eigenvalue weighted by Gasteiger charge is -2.31. The van der Waals surface area contributed by atoms with Crippen LogP contribution in [0.25, 0.3) is 0 Å². The van der Waals surface area contributed by atoms with E-state index in [9.17, 15) is 17.2 Å². The van der Waals surface area contributed by atoms with E-state index in [0.29, 0.717) is 6.61 Å². The average molecular weight is 427 g/mol. The maximum atomic E-state index is 12.9. The zero-order chi connectivity index (χ0) is 20.9. The monoisotopic (exact) mass is 427 g/mol. The van der Waals surface area contributed by atoms with E-state index in [-0.39, 0.29) is 16.3 Å². The molecule has 0 unspecified atom stereocenters. The lowest BCUT2D eigenvalue weighted by atomic mass is 10.1. The molecule has 2 aromatic rings. The fraction of sp³-hybridized carbons (Fsp3) is 0.368. The molecule has 7 nitrogen and oxygen atoms in total. The smallest absolute Gasteiger partial charge is 0.387 e. The highest BCUT2D eigenvalue weighted by Crippen LogP contribution is 2.28. The fourth-order valence-corrected chi connectivity index (χ4v) is 4.21. The van der Waals surface area contributed by atoms with Crippen LogP contribution in [0.4, 0.5) is 20.2 Å². The molecule has 1 fully saturated rings. The van der Waals surface area contributed by atoms with Crippen LogP contribution in [0.5, 0.6) is 5.75 Å². The molecule has 1 heterocycles. The number of alkyl halides is 2. The van der Waals surface area contributed by atoms with Gasteiger partial charge in [-0.25, -0.2) is 8.42 Å². The predicted molar refractivity (Wildman–Crippen MR) is 106 cm³/mol. The summed E-state index contributed by atoms with van der Waals surface area (Å²) in [6, 6.07) is 10.3. The van der Waals surface area contributed by atoms with E-state index in [4.69, 9.17) is 4.74 Å². The molecule has 0 atom stereocenters. The number of piperazine rings is 1. The average Bonchev–Trinajstić information content (AvgIpc) is 2.68. The van der Waals surface area contributed by atoms with Crippen molar-refractivity contribution in [3.05, 3.63) is 48.0 Å². The van der Waals surface area contributed by atoms with Gasteiger partial charge in [-0.1, -0.05) is 12.1 Å². The topological polar surface area (TPSA) is 79.9 Å². The Morgan fingerprint density at radius 1 is 1.17 bits per heavy atom. The van der Waals surface area contributed by atoms with Crippen molar-refractivity contribution in [1.29, 1.82) is 0 Å². The summed E-state index contributed by atoms with van der Waals surface area (Å²) in [7, 11) is -2.34. The highest BCUT2D eigenvalue weighted by molar-refractivity contribution is 7.92. The number of nitrogens with zero attached hydrogens (tertiary/aromatic N) is 1. The summed E-state index contributed by atoms with van der Waals surface area (Å²) in [5, 5.41) is 3.26. The van der Waals surface area contributed by atoms with Gasteiger partial charge >= 0.3 is 6.61 Å². The van der Waals surface area contributed by atoms with Gasteiger partial charge in [-0.3, -0.25) is 4.72 Å². The van der Waals surface area contributed by atoms with Gasteiger partial charge in [0.1, 0.15) is 5.75 Å². The Morgan fingerprint density at radius 3 is 2.62 bits per heavy atom. The summed E-state index contributed by atoms with van der Waals surface area (Å²) in [6.45, 7) is 0.482. The van der Waals surface area contributed by atoms with Gasteiger partial charge in [-0.05, 0) is 24.3 Å². The quantitative estimate of drug-likeness (QED) is 0.674. The van der Waals surface area contributed by atoms with Crippen LogP contribution in [-0.2, 0) is 21.4 Å². The van der Waals surface area contributed by atoms with Crippen molar-refractivity contribution < 1.29 is 26.7 Å². The molecule has 10 heteroatoms. The summed E-state index contributed by atoms with van der Waals surface area (Å²) in [4.78, 5) is 2.19. The zero-order valence-electron chi connectivity index (χ0n) is 15.9. The summed E-state index contributed by atoms with van der Waals surface area (Å²) in [6.07, 6.45) is 0. The standard InChI is InChI=1S/C19H23F2N3O4S/c1-27-13-14-5-6-17(12-18(14)24-9-7-22-8-10-24)29(25,26)23-15-3-2-4-16(11-15)28-19(20)21/h2-6,11-12,19,22-23H,7-10,13H2,1H3. The predicted octanol–water partition coefficient (Wildman–Crippen LogP) is 2.64. The molecule has 0 amide bonds. The van der Waals surface area contributed by atoms with E-state index >= 15 is 0 Å². The Kier molecular flexibility index (Phi) is 6.88. The lowest BCUT2D eigenvalue weighted by Crippen LogP contribution is -2.44. The molecule has 2 aromatic carbocycles. The Labute approximate surface area is 168 Å². The second-order valence-corrected chi connectivity index (χ2v) is 8.15. The molecule has 0 radical (unpaired) electrons. The largest absolute Gasteiger partial charge is 0.435 e. The van der Waals surface area contributed by atoms with Crippen molar-refractivity contribution >= 4 is 21.4 Å². The molecular weight excluding hydrogens is 404 g/mol. The molecule has 0 aromatic heterocycles. The molecular formula is C19H23F2N3O4S. The van der Waals surface area contributed by atoms with Crippen molar-refractivity contribution in [2.75, 3.05) is 42.9 Å². The zero-order valence-corrected chi connectivity index (χ0v) is 16.7. The Balaban J connectivity index is 1.88. The van der Waals surface area contributed by atoms with E-state index < -0.39 is 16.6 Å². The number of benzene rings is 2. The summed E-state index contributed by atoms with van der Waals surface area (Å²) in [5.41, 5.74) is 1.82. The van der Waals surface area contributed by atoms with Crippen molar-refractivity contribution in [2.24, 2.45) is 0 Å². The molecule has 3 rings (SSSR count). The van der Waals surface area contributed by atoms with E-state index in [1.807, 2.05) is 0 Å². The highest BCUT2D eigenvalue weighted by atomic mass is 32.2. The number of hydrogen-bond acceptors (Lipinski definition) is 6. The van der Waals surface area contributed by atoms with Crippen LogP contribution in [0.3, 0.4) is 0 Å². The number of rotatable bonds is 8. The molecule has 2 N–H and O–H groups in total. The molecule has 1 saturated heterocycles. The van der Waals surface area contributed by atoms with Crippen molar-refractivity contribution in [3.8, 4) is 5.75 Å². The minimum atomic E-state index is -3.93. The first-order valence-electron chi connectivity index (χ1n) is 9.04. The van der Waals surface area contributed by atoms with Gasteiger partial charge in [0.15, 0.2) is 0 Å². The van der Waals surface area contributed by atoms with E-state index in [1.54, 1.807) is 19.2 Å². The Bertz CT molecular complexity index is 935. The Hall–Kier alpha value is -2.43. The van der Waals surface area contributed by atoms with Gasteiger partial charge in [0, 0.05) is 50.6 Å². The van der Waals surface area contributed by atoms with Gasteiger partial charge < -0.3 is 19.7 Å². The van der Waals surface area contributed by atoms with Gasteiger partial charge in [0.05, 0.1) is 17.2 Å². The third-order valence-electron chi connectivity index (χ3n) is 4.44. The van der Waals surface area contributed by atoms with Crippen LogP contribution in [0.2, 0.25) is 0 Å². The number of anilines is 2. The molecule has 0 saturated carbocycles. The molecule has 0 bridgehead atoms. The van der Waals surface area contributed by atoms with Crippen LogP contribution >= 0.6 is 0 Å². The van der Waals surface area contributed by atoms with E-state index in [1.165, 1.54) is 30.3 Å². The van der Waals surface area contributed by atoms with Crippen molar-refractivity contribution in [3.63, 3.8) is 0 Å². The van der Waals surface area contributed by atoms with Gasteiger partial charge in [0.2, 0.25) is 0 Å². The number of methoxy groups -OCH3 is 1. The molecule has 29 heavy (non-hydrogen) atoms. The molecule has 1 aliphatic rings. The number of halogens is 2. The SMILES string of the molecule is COCc1ccc(S(=O)(=O)Nc2cccc(OC(F)F)c2)cc1N1CCNCC1. The fourth-order valence-electron chi connectivity index (χ4n) is 3.14. The second-order valence-electron chi connectivity index (χ2n) is 6.47. The maximum Gasteiger partial charge on any atom is 0.387 e. The first kappa shape index (κ1) is 21.3. The van der Waals surface area contributed by atoms with Crippen molar-refractivity contribution in [2.45, 2.75) is 18.1 Å². The minimum absolute atomic E-state index is 0.0751. The lowest BCUT2D eigenvalue weighted by molar-refractivity contribution is -0.0497. The summed E-state index contributed by atoms with van der Waals surface area (Å²) >= 11 is 0. The third kappa shape index (κ3) is 5.55. The summed E-state index contributed by atoms with van der Waals surface area (Å²) in [5.74, 6) is -0.128. The molecule has 0 spiro atoms. The number of ether oxygens (including phenoxy) is 2. The number of sulfonamides is 1. The maximum absolute atomic E-state index is 12.9. The van der Waals surface area contributed by atoms with Gasteiger partial charge in [0.25, 0.3) is 10.0 Å². The summed E-state index contributed by atoms with van der Waals surface area (Å²) < 4.78 is 62.5. The number of nitrogens with one attached hydrogen (secondary N) is 2. The van der Waals surface area contributed by atoms with Gasteiger partial charge in [-0.15, -0.1) is 0 Å². The second kappa shape index (κ2) is 9.38. The Morgan fingerprint density at radius 2 is 1.93 bits per heavy atom. The molecule has 1 aliphatic heterocycles. The van der Waals surface area contributed by atoms with Crippen LogP contribution < -0.4 is 19.7 Å². The highest BCUT2D eigenvalue weighted by Gasteiger charge is 2.20. The van der Waals surface area contributed by atoms with E-state index in [2.05, 4.69) is 19.7 Å². The van der Waals surface area contributed by atoms with Crippen LogP contribution in [0.15, 0.2) is 47.4 Å². The molecule has 158 valence electrons. The minimum Gasteiger partial charge on any atom is -0.435 e. The number of hydrogen-bond donors (Lipinski definition) is 2. The van der Waals surface area contributed by atoms with Crippen LogP contribution in [-0.4, -0.2) is 48.3 Å². The van der Waals surface area contributed by atoms with Crippen LogP contribution in [0.1, 0.15) is 5.56 Å². The van der Waals surface area contributed by atoms with E-state index in [0.717, 1.165) is 37.4 Å². The molecule has 0 aliphatic carbocycles. The van der Waals surface area contributed by atoms with Crippen LogP contribution in [0, 0.1) is 0 Å². The first-order valence-corrected chi connectivity index (χ1v) is 10.5. The normalized spacial score (nSPS) is 14.8. The third-order valence-corrected chi connectivity index (χ3v) is 5.81. The van der Waals surface area contributed by atoms with Gasteiger partial charge in [-0.2, -0.15) is 8.78 Å². The first-order chi connectivity index (χ1) is 13.9. The van der Waals surface area contributed by atoms with Crippen molar-refractivity contribution in [1.82, 2.24) is 5.32 Å².